The lowest BCUT2D eigenvalue weighted by Gasteiger charge is -2.32. The molecule has 1 rings (SSSR count). The van der Waals surface area contributed by atoms with Crippen molar-refractivity contribution in [3.63, 3.8) is 0 Å². The fourth-order valence-electron chi connectivity index (χ4n) is 1.46. The normalized spacial score (nSPS) is 17.9. The summed E-state index contributed by atoms with van der Waals surface area (Å²) in [5, 5.41) is 3.17. The van der Waals surface area contributed by atoms with Crippen LogP contribution in [-0.4, -0.2) is 62.5 Å². The molecule has 1 amide bonds. The maximum Gasteiger partial charge on any atom is 0.228 e. The van der Waals surface area contributed by atoms with Crippen molar-refractivity contribution in [3.05, 3.63) is 10.4 Å². The summed E-state index contributed by atoms with van der Waals surface area (Å²) < 4.78 is 23.7. The number of sulfonamides is 1. The molecule has 0 aromatic rings. The molecule has 1 heterocycles. The zero-order valence-corrected chi connectivity index (χ0v) is 9.72. The summed E-state index contributed by atoms with van der Waals surface area (Å²) in [5.41, 5.74) is 8.06. The molecule has 0 N–H and O–H groups in total. The molecule has 1 aliphatic heterocycles. The first-order valence-electron chi connectivity index (χ1n) is 4.69. The van der Waals surface area contributed by atoms with E-state index in [4.69, 9.17) is 5.53 Å². The van der Waals surface area contributed by atoms with Crippen LogP contribution in [0, 0.1) is 0 Å². The third-order valence-corrected chi connectivity index (χ3v) is 3.63. The average molecular weight is 247 g/mol. The van der Waals surface area contributed by atoms with Gasteiger partial charge in [0.05, 0.1) is 6.26 Å². The van der Waals surface area contributed by atoms with Gasteiger partial charge in [-0.25, -0.2) is 8.42 Å². The minimum Gasteiger partial charge on any atom is -0.340 e. The van der Waals surface area contributed by atoms with Crippen molar-refractivity contribution in [1.82, 2.24) is 9.21 Å². The first-order valence-corrected chi connectivity index (χ1v) is 6.53. The molecule has 0 saturated carbocycles. The van der Waals surface area contributed by atoms with Crippen molar-refractivity contribution in [1.29, 1.82) is 0 Å². The second-order valence-corrected chi connectivity index (χ2v) is 5.41. The summed E-state index contributed by atoms with van der Waals surface area (Å²) in [6, 6.07) is 0. The van der Waals surface area contributed by atoms with Crippen LogP contribution < -0.4 is 0 Å². The Balaban J connectivity index is 2.49. The number of nitrogens with zero attached hydrogens (tertiary/aromatic N) is 5. The fourth-order valence-corrected chi connectivity index (χ4v) is 2.29. The smallest absolute Gasteiger partial charge is 0.228 e. The summed E-state index contributed by atoms with van der Waals surface area (Å²) in [4.78, 5) is 15.4. The molecule has 0 bridgehead atoms. The van der Waals surface area contributed by atoms with Crippen molar-refractivity contribution in [2.45, 2.75) is 0 Å². The van der Waals surface area contributed by atoms with Crippen molar-refractivity contribution < 1.29 is 13.2 Å². The molecule has 0 aliphatic carbocycles. The summed E-state index contributed by atoms with van der Waals surface area (Å²) in [7, 11) is -3.18. The molecule has 0 atom stereocenters. The molecule has 90 valence electrons. The Morgan fingerprint density at radius 1 is 1.38 bits per heavy atom. The van der Waals surface area contributed by atoms with Crippen LogP contribution in [0.15, 0.2) is 5.11 Å². The van der Waals surface area contributed by atoms with E-state index < -0.39 is 10.0 Å². The van der Waals surface area contributed by atoms with Gasteiger partial charge in [-0.3, -0.25) is 4.79 Å². The van der Waals surface area contributed by atoms with Crippen molar-refractivity contribution in [2.24, 2.45) is 5.11 Å². The summed E-state index contributed by atoms with van der Waals surface area (Å²) in [5.74, 6) is -0.272. The minimum atomic E-state index is -3.18. The number of azide groups is 1. The van der Waals surface area contributed by atoms with Crippen molar-refractivity contribution in [2.75, 3.05) is 39.0 Å². The first-order chi connectivity index (χ1) is 7.45. The van der Waals surface area contributed by atoms with Gasteiger partial charge in [-0.1, -0.05) is 5.11 Å². The molecule has 0 spiro atoms. The van der Waals surface area contributed by atoms with Gasteiger partial charge in [0.15, 0.2) is 0 Å². The molecular weight excluding hydrogens is 234 g/mol. The van der Waals surface area contributed by atoms with Crippen LogP contribution in [-0.2, 0) is 14.8 Å². The van der Waals surface area contributed by atoms with Crippen LogP contribution in [0.5, 0.6) is 0 Å². The number of carbonyl (C=O) groups is 1. The topological polar surface area (TPSA) is 106 Å². The molecule has 0 radical (unpaired) electrons. The monoisotopic (exact) mass is 247 g/mol. The van der Waals surface area contributed by atoms with E-state index in [-0.39, 0.29) is 12.5 Å². The minimum absolute atomic E-state index is 0.213. The molecule has 9 heteroatoms. The third-order valence-electron chi connectivity index (χ3n) is 2.33. The van der Waals surface area contributed by atoms with Crippen LogP contribution in [0.4, 0.5) is 0 Å². The van der Waals surface area contributed by atoms with E-state index in [0.29, 0.717) is 26.2 Å². The van der Waals surface area contributed by atoms with Gasteiger partial charge in [0.25, 0.3) is 0 Å². The number of piperazine rings is 1. The standard InChI is InChI=1S/C7H13N5O3S/c1-16(14,15)12-4-2-11(3-5-12)7(13)6-9-10-8/h2-6H2,1H3. The lowest BCUT2D eigenvalue weighted by atomic mass is 10.3. The SMILES string of the molecule is CS(=O)(=O)N1CCN(C(=O)CN=[N+]=[N-])CC1. The van der Waals surface area contributed by atoms with E-state index in [1.54, 1.807) is 0 Å². The van der Waals surface area contributed by atoms with Gasteiger partial charge in [0.2, 0.25) is 15.9 Å². The quantitative estimate of drug-likeness (QED) is 0.377. The Kier molecular flexibility index (Phi) is 4.11. The van der Waals surface area contributed by atoms with E-state index in [0.717, 1.165) is 6.26 Å². The predicted molar refractivity (Wildman–Crippen MR) is 57.0 cm³/mol. The largest absolute Gasteiger partial charge is 0.340 e. The molecule has 0 aromatic heterocycles. The Morgan fingerprint density at radius 3 is 2.38 bits per heavy atom. The maximum atomic E-state index is 11.4. The van der Waals surface area contributed by atoms with Crippen LogP contribution in [0.25, 0.3) is 10.4 Å². The number of carbonyl (C=O) groups excluding carboxylic acids is 1. The Bertz CT molecular complexity index is 406. The van der Waals surface area contributed by atoms with Crippen LogP contribution in [0.2, 0.25) is 0 Å². The zero-order chi connectivity index (χ0) is 12.2. The molecule has 1 saturated heterocycles. The van der Waals surface area contributed by atoms with Gasteiger partial charge < -0.3 is 4.90 Å². The highest BCUT2D eigenvalue weighted by Crippen LogP contribution is 2.06. The molecule has 8 nitrogen and oxygen atoms in total. The molecule has 16 heavy (non-hydrogen) atoms. The molecule has 1 aliphatic rings. The lowest BCUT2D eigenvalue weighted by Crippen LogP contribution is -2.50. The summed E-state index contributed by atoms with van der Waals surface area (Å²) in [6.45, 7) is 1.05. The Labute approximate surface area is 93.5 Å². The average Bonchev–Trinajstić information content (AvgIpc) is 2.25. The highest BCUT2D eigenvalue weighted by Gasteiger charge is 2.25. The zero-order valence-electron chi connectivity index (χ0n) is 8.90. The van der Waals surface area contributed by atoms with E-state index >= 15 is 0 Å². The van der Waals surface area contributed by atoms with Crippen LogP contribution in [0.3, 0.4) is 0 Å². The first kappa shape index (κ1) is 12.8. The molecule has 1 fully saturated rings. The fraction of sp³-hybridized carbons (Fsp3) is 0.857. The highest BCUT2D eigenvalue weighted by molar-refractivity contribution is 7.88. The van der Waals surface area contributed by atoms with E-state index in [1.165, 1.54) is 9.21 Å². The Morgan fingerprint density at radius 2 is 1.94 bits per heavy atom. The summed E-state index contributed by atoms with van der Waals surface area (Å²) in [6.07, 6.45) is 1.14. The second kappa shape index (κ2) is 5.15. The number of hydrogen-bond donors (Lipinski definition) is 0. The second-order valence-electron chi connectivity index (χ2n) is 3.43. The third kappa shape index (κ3) is 3.37. The van der Waals surface area contributed by atoms with Gasteiger partial charge in [0, 0.05) is 31.1 Å². The van der Waals surface area contributed by atoms with Crippen molar-refractivity contribution in [3.8, 4) is 0 Å². The Hall–Kier alpha value is -1.31. The predicted octanol–water partition coefficient (Wildman–Crippen LogP) is -0.599. The van der Waals surface area contributed by atoms with E-state index in [1.807, 2.05) is 0 Å². The van der Waals surface area contributed by atoms with Crippen LogP contribution >= 0.6 is 0 Å². The molecular formula is C7H13N5O3S. The number of hydrogen-bond acceptors (Lipinski definition) is 4. The van der Waals surface area contributed by atoms with Gasteiger partial charge >= 0.3 is 0 Å². The van der Waals surface area contributed by atoms with Gasteiger partial charge in [-0.2, -0.15) is 4.31 Å². The number of rotatable bonds is 3. The van der Waals surface area contributed by atoms with Crippen molar-refractivity contribution >= 4 is 15.9 Å². The summed E-state index contributed by atoms with van der Waals surface area (Å²) >= 11 is 0. The van der Waals surface area contributed by atoms with E-state index in [9.17, 15) is 13.2 Å². The highest BCUT2D eigenvalue weighted by atomic mass is 32.2. The molecule has 0 unspecified atom stereocenters. The van der Waals surface area contributed by atoms with Crippen LogP contribution in [0.1, 0.15) is 0 Å². The van der Waals surface area contributed by atoms with E-state index in [2.05, 4.69) is 10.0 Å². The van der Waals surface area contributed by atoms with Gasteiger partial charge in [0.1, 0.15) is 6.54 Å². The molecule has 0 aromatic carbocycles. The maximum absolute atomic E-state index is 11.4. The lowest BCUT2D eigenvalue weighted by molar-refractivity contribution is -0.130. The van der Waals surface area contributed by atoms with Gasteiger partial charge in [-0.15, -0.1) is 0 Å². The van der Waals surface area contributed by atoms with Gasteiger partial charge in [-0.05, 0) is 5.53 Å². The number of amides is 1.